The fourth-order valence-electron chi connectivity index (χ4n) is 8.76. The first-order valence-electron chi connectivity index (χ1n) is 13.6. The zero-order valence-electron chi connectivity index (χ0n) is 23.2. The van der Waals surface area contributed by atoms with Gasteiger partial charge >= 0.3 is 5.97 Å². The van der Waals surface area contributed by atoms with Gasteiger partial charge in [0.25, 0.3) is 0 Å². The molecule has 0 bridgehead atoms. The van der Waals surface area contributed by atoms with E-state index in [1.165, 1.54) is 18.3 Å². The average molecular weight is 483 g/mol. The Kier molecular flexibility index (Phi) is 6.57. The zero-order chi connectivity index (χ0) is 26.0. The van der Waals surface area contributed by atoms with E-state index in [-0.39, 0.29) is 33.7 Å². The Labute approximate surface area is 212 Å². The monoisotopic (exact) mass is 482 g/mol. The van der Waals surface area contributed by atoms with Gasteiger partial charge in [0.2, 0.25) is 0 Å². The summed E-state index contributed by atoms with van der Waals surface area (Å²) in [4.78, 5) is 24.5. The molecule has 7 atom stereocenters. The maximum Gasteiger partial charge on any atom is 0.333 e. The van der Waals surface area contributed by atoms with Crippen LogP contribution in [-0.2, 0) is 14.3 Å². The summed E-state index contributed by atoms with van der Waals surface area (Å²) < 4.78 is 4.83. The van der Waals surface area contributed by atoms with E-state index in [4.69, 9.17) is 4.74 Å². The highest BCUT2D eigenvalue weighted by Crippen LogP contribution is 2.71. The molecule has 35 heavy (non-hydrogen) atoms. The molecule has 2 fully saturated rings. The summed E-state index contributed by atoms with van der Waals surface area (Å²) in [5, 5.41) is 11.7. The Balaban J connectivity index is 1.63. The second kappa shape index (κ2) is 8.71. The van der Waals surface area contributed by atoms with Crippen LogP contribution in [0.25, 0.3) is 0 Å². The number of hydrogen-bond acceptors (Lipinski definition) is 4. The molecule has 0 amide bonds. The maximum absolute atomic E-state index is 12.8. The Morgan fingerprint density at radius 3 is 2.54 bits per heavy atom. The molecule has 0 unspecified atom stereocenters. The molecular weight excluding hydrogens is 436 g/mol. The molecule has 0 aliphatic heterocycles. The lowest BCUT2D eigenvalue weighted by atomic mass is 9.44. The fourth-order valence-corrected chi connectivity index (χ4v) is 8.76. The lowest BCUT2D eigenvalue weighted by molar-refractivity contribution is -0.138. The second-order valence-electron chi connectivity index (χ2n) is 13.2. The van der Waals surface area contributed by atoms with Gasteiger partial charge in [-0.2, -0.15) is 0 Å². The maximum atomic E-state index is 12.8. The van der Waals surface area contributed by atoms with Crippen molar-refractivity contribution in [3.05, 3.63) is 34.9 Å². The summed E-state index contributed by atoms with van der Waals surface area (Å²) in [5.41, 5.74) is 2.82. The van der Waals surface area contributed by atoms with Gasteiger partial charge in [-0.15, -0.1) is 0 Å². The first kappa shape index (κ1) is 26.4. The summed E-state index contributed by atoms with van der Waals surface area (Å²) >= 11 is 0. The molecule has 0 aromatic heterocycles. The lowest BCUT2D eigenvalue weighted by Gasteiger charge is -2.60. The van der Waals surface area contributed by atoms with Gasteiger partial charge in [-0.3, -0.25) is 4.79 Å². The van der Waals surface area contributed by atoms with E-state index in [0.29, 0.717) is 35.5 Å². The average Bonchev–Trinajstić information content (AvgIpc) is 3.02. The number of aliphatic hydroxyl groups excluding tert-OH is 1. The van der Waals surface area contributed by atoms with Crippen LogP contribution in [0.2, 0.25) is 0 Å². The van der Waals surface area contributed by atoms with Crippen LogP contribution in [0.5, 0.6) is 0 Å². The lowest BCUT2D eigenvalue weighted by Crippen LogP contribution is -2.54. The summed E-state index contributed by atoms with van der Waals surface area (Å²) in [6, 6.07) is 0. The van der Waals surface area contributed by atoms with Crippen molar-refractivity contribution in [3.8, 4) is 0 Å². The highest BCUT2D eigenvalue weighted by molar-refractivity contribution is 5.87. The smallest absolute Gasteiger partial charge is 0.333 e. The topological polar surface area (TPSA) is 63.6 Å². The van der Waals surface area contributed by atoms with Gasteiger partial charge in [-0.25, -0.2) is 4.79 Å². The first-order chi connectivity index (χ1) is 16.2. The predicted molar refractivity (Wildman–Crippen MR) is 140 cm³/mol. The fraction of sp³-hybridized carbons (Fsp3) is 0.742. The molecule has 4 rings (SSSR count). The van der Waals surface area contributed by atoms with E-state index in [9.17, 15) is 14.7 Å². The van der Waals surface area contributed by atoms with Gasteiger partial charge in [-0.1, -0.05) is 59.8 Å². The van der Waals surface area contributed by atoms with Crippen LogP contribution < -0.4 is 0 Å². The molecule has 4 aliphatic carbocycles. The molecule has 4 nitrogen and oxygen atoms in total. The third-order valence-electron chi connectivity index (χ3n) is 11.4. The number of allylic oxidation sites excluding steroid dienone is 4. The molecule has 194 valence electrons. The summed E-state index contributed by atoms with van der Waals surface area (Å²) in [6.07, 6.45) is 12.6. The minimum Gasteiger partial charge on any atom is -0.466 e. The number of hydrogen-bond donors (Lipinski definition) is 1. The standard InChI is InChI=1S/C31H46O4/c1-19(10-9-11-20(2)27(34)35-8)23-18-26(33)31(7)22-12-13-24-28(3,4)25(32)15-16-29(24,5)21(22)14-17-30(23,31)6/h11-12,14,19,23-24,26,33H,9-10,13,15-18H2,1-8H3/b20-11+/t19-,23-,24-,26+,29-,30-,31-/m1/s1. The third-order valence-corrected chi connectivity index (χ3v) is 11.4. The summed E-state index contributed by atoms with van der Waals surface area (Å²) in [7, 11) is 1.42. The van der Waals surface area contributed by atoms with E-state index >= 15 is 0 Å². The molecule has 2 saturated carbocycles. The normalized spacial score (nSPS) is 41.2. The molecule has 0 aromatic rings. The van der Waals surface area contributed by atoms with Gasteiger partial charge in [0.1, 0.15) is 5.78 Å². The quantitative estimate of drug-likeness (QED) is 0.355. The van der Waals surface area contributed by atoms with E-state index < -0.39 is 0 Å². The highest BCUT2D eigenvalue weighted by Gasteiger charge is 2.66. The zero-order valence-corrected chi connectivity index (χ0v) is 23.2. The number of rotatable bonds is 5. The van der Waals surface area contributed by atoms with Crippen molar-refractivity contribution in [1.82, 2.24) is 0 Å². The highest BCUT2D eigenvalue weighted by atomic mass is 16.5. The number of carbonyl (C=O) groups is 2. The number of fused-ring (bicyclic) bond motifs is 5. The number of carbonyl (C=O) groups excluding carboxylic acids is 2. The van der Waals surface area contributed by atoms with Gasteiger partial charge in [0.15, 0.2) is 0 Å². The van der Waals surface area contributed by atoms with Crippen molar-refractivity contribution in [1.29, 1.82) is 0 Å². The van der Waals surface area contributed by atoms with Crippen molar-refractivity contribution in [2.24, 2.45) is 39.4 Å². The van der Waals surface area contributed by atoms with Crippen LogP contribution in [0.15, 0.2) is 34.9 Å². The minimum absolute atomic E-state index is 0.00847. The number of esters is 1. The number of ketones is 1. The van der Waals surface area contributed by atoms with Crippen molar-refractivity contribution >= 4 is 11.8 Å². The Hall–Kier alpha value is -1.68. The van der Waals surface area contributed by atoms with Crippen molar-refractivity contribution in [2.75, 3.05) is 7.11 Å². The molecule has 0 saturated heterocycles. The van der Waals surface area contributed by atoms with Crippen LogP contribution in [0.4, 0.5) is 0 Å². The van der Waals surface area contributed by atoms with E-state index in [1.807, 2.05) is 13.0 Å². The van der Waals surface area contributed by atoms with Gasteiger partial charge in [0, 0.05) is 22.8 Å². The van der Waals surface area contributed by atoms with Crippen LogP contribution in [0.1, 0.15) is 93.4 Å². The first-order valence-corrected chi connectivity index (χ1v) is 13.6. The molecule has 4 aliphatic rings. The summed E-state index contributed by atoms with van der Waals surface area (Å²) in [6.45, 7) is 15.5. The summed E-state index contributed by atoms with van der Waals surface area (Å²) in [5.74, 6) is 1.30. The molecule has 0 heterocycles. The SMILES string of the molecule is COC(=O)/C(C)=C/CC[C@@H](C)[C@H]1C[C@H](O)[C@@]2(C)C3=CC[C@@H]4C(C)(C)C(=O)CC[C@]4(C)C3=CC[C@]12C. The van der Waals surface area contributed by atoms with Crippen LogP contribution in [0.3, 0.4) is 0 Å². The predicted octanol–water partition coefficient (Wildman–Crippen LogP) is 6.59. The Bertz CT molecular complexity index is 999. The van der Waals surface area contributed by atoms with Crippen molar-refractivity contribution in [3.63, 3.8) is 0 Å². The van der Waals surface area contributed by atoms with Crippen molar-refractivity contribution < 1.29 is 19.4 Å². The molecule has 1 N–H and O–H groups in total. The largest absolute Gasteiger partial charge is 0.466 e. The molecule has 0 radical (unpaired) electrons. The van der Waals surface area contributed by atoms with Crippen LogP contribution in [-0.4, -0.2) is 30.1 Å². The molecular formula is C31H46O4. The van der Waals surface area contributed by atoms with E-state index in [0.717, 1.165) is 38.5 Å². The van der Waals surface area contributed by atoms with Crippen molar-refractivity contribution in [2.45, 2.75) is 99.5 Å². The van der Waals surface area contributed by atoms with Crippen LogP contribution in [0, 0.1) is 39.4 Å². The van der Waals surface area contributed by atoms with Gasteiger partial charge in [0.05, 0.1) is 13.2 Å². The molecule has 0 aromatic carbocycles. The third kappa shape index (κ3) is 3.64. The van der Waals surface area contributed by atoms with Gasteiger partial charge in [-0.05, 0) is 85.2 Å². The van der Waals surface area contributed by atoms with Crippen LogP contribution >= 0.6 is 0 Å². The number of methoxy groups -OCH3 is 1. The second-order valence-corrected chi connectivity index (χ2v) is 13.2. The number of ether oxygens (including phenoxy) is 1. The van der Waals surface area contributed by atoms with E-state index in [1.54, 1.807) is 0 Å². The molecule has 4 heteroatoms. The number of Topliss-reactive ketones (excluding diaryl/α,β-unsaturated/α-hetero) is 1. The number of aliphatic hydroxyl groups is 1. The van der Waals surface area contributed by atoms with E-state index in [2.05, 4.69) is 53.7 Å². The Morgan fingerprint density at radius 2 is 1.89 bits per heavy atom. The Morgan fingerprint density at radius 1 is 1.20 bits per heavy atom. The minimum atomic E-state index is -0.374. The van der Waals surface area contributed by atoms with Gasteiger partial charge < -0.3 is 9.84 Å². The molecule has 0 spiro atoms.